The third-order valence-corrected chi connectivity index (χ3v) is 6.01. The first-order valence-corrected chi connectivity index (χ1v) is 10.4. The first-order valence-electron chi connectivity index (χ1n) is 8.73. The minimum absolute atomic E-state index is 0.00394. The van der Waals surface area contributed by atoms with Crippen LogP contribution in [0.3, 0.4) is 0 Å². The van der Waals surface area contributed by atoms with Gasteiger partial charge in [-0.2, -0.15) is 0 Å². The largest absolute Gasteiger partial charge is 0.356 e. The van der Waals surface area contributed by atoms with Crippen LogP contribution < -0.4 is 10.6 Å². The van der Waals surface area contributed by atoms with Crippen LogP contribution in [0.4, 0.5) is 0 Å². The number of ketones is 1. The van der Waals surface area contributed by atoms with E-state index in [0.717, 1.165) is 10.1 Å². The number of amides is 2. The minimum atomic E-state index is -0.143. The van der Waals surface area contributed by atoms with Crippen molar-refractivity contribution in [3.8, 4) is 0 Å². The Balaban J connectivity index is 1.31. The fourth-order valence-electron chi connectivity index (χ4n) is 2.57. The summed E-state index contributed by atoms with van der Waals surface area (Å²) in [4.78, 5) is 37.2. The lowest BCUT2D eigenvalue weighted by atomic mass is 10.2. The lowest BCUT2D eigenvalue weighted by Crippen LogP contribution is -2.29. The molecule has 0 atom stereocenters. The number of carbonyl (C=O) groups excluding carboxylic acids is 3. The summed E-state index contributed by atoms with van der Waals surface area (Å²) in [5, 5.41) is 8.57. The molecule has 0 aliphatic carbocycles. The molecule has 2 N–H and O–H groups in total. The predicted octanol–water partition coefficient (Wildman–Crippen LogP) is 3.86. The molecule has 1 aromatic carbocycles. The smallest absolute Gasteiger partial charge is 0.261 e. The average molecular weight is 401 g/mol. The quantitative estimate of drug-likeness (QED) is 0.423. The Labute approximate surface area is 165 Å². The zero-order valence-corrected chi connectivity index (χ0v) is 16.3. The fourth-order valence-corrected chi connectivity index (χ4v) is 4.25. The Morgan fingerprint density at radius 1 is 0.889 bits per heavy atom. The van der Waals surface area contributed by atoms with E-state index in [2.05, 4.69) is 10.6 Å². The molecule has 2 aromatic heterocycles. The molecule has 7 heteroatoms. The standard InChI is InChI=1S/C20H20N2O3S2/c23-15(17-7-3-12-26-17)8-9-19(24)21-10-4-11-22-20(25)18-13-14-5-1-2-6-16(14)27-18/h1-3,5-7,12-13H,4,8-11H2,(H,21,24)(H,22,25). The van der Waals surface area contributed by atoms with Crippen molar-refractivity contribution >= 4 is 50.4 Å². The van der Waals surface area contributed by atoms with Gasteiger partial charge in [-0.25, -0.2) is 0 Å². The van der Waals surface area contributed by atoms with E-state index >= 15 is 0 Å². The topological polar surface area (TPSA) is 75.3 Å². The van der Waals surface area contributed by atoms with Crippen molar-refractivity contribution in [3.63, 3.8) is 0 Å². The van der Waals surface area contributed by atoms with E-state index in [9.17, 15) is 14.4 Å². The molecule has 5 nitrogen and oxygen atoms in total. The van der Waals surface area contributed by atoms with E-state index < -0.39 is 0 Å². The lowest BCUT2D eigenvalue weighted by molar-refractivity contribution is -0.121. The molecule has 27 heavy (non-hydrogen) atoms. The summed E-state index contributed by atoms with van der Waals surface area (Å²) in [5.74, 6) is -0.240. The van der Waals surface area contributed by atoms with E-state index in [-0.39, 0.29) is 30.4 Å². The summed E-state index contributed by atoms with van der Waals surface area (Å²) in [5.41, 5.74) is 0. The zero-order chi connectivity index (χ0) is 19.1. The summed E-state index contributed by atoms with van der Waals surface area (Å²) in [6.07, 6.45) is 1.04. The number of Topliss-reactive ketones (excluding diaryl/α,β-unsaturated/α-hetero) is 1. The molecule has 2 amide bonds. The van der Waals surface area contributed by atoms with Gasteiger partial charge < -0.3 is 10.6 Å². The minimum Gasteiger partial charge on any atom is -0.356 e. The molecular formula is C20H20N2O3S2. The van der Waals surface area contributed by atoms with Crippen LogP contribution in [0, 0.1) is 0 Å². The van der Waals surface area contributed by atoms with Crippen molar-refractivity contribution in [2.45, 2.75) is 19.3 Å². The second kappa shape index (κ2) is 9.43. The van der Waals surface area contributed by atoms with Crippen LogP contribution in [-0.4, -0.2) is 30.7 Å². The van der Waals surface area contributed by atoms with Crippen LogP contribution in [0.25, 0.3) is 10.1 Å². The molecule has 0 aliphatic rings. The van der Waals surface area contributed by atoms with Gasteiger partial charge in [-0.3, -0.25) is 14.4 Å². The van der Waals surface area contributed by atoms with Gasteiger partial charge in [-0.1, -0.05) is 24.3 Å². The lowest BCUT2D eigenvalue weighted by Gasteiger charge is -2.06. The number of nitrogens with one attached hydrogen (secondary N) is 2. The molecule has 3 rings (SSSR count). The number of rotatable bonds is 9. The highest BCUT2D eigenvalue weighted by Crippen LogP contribution is 2.24. The summed E-state index contributed by atoms with van der Waals surface area (Å²) in [6.45, 7) is 0.959. The number of fused-ring (bicyclic) bond motifs is 1. The normalized spacial score (nSPS) is 10.7. The van der Waals surface area contributed by atoms with Gasteiger partial charge in [-0.15, -0.1) is 22.7 Å². The third-order valence-electron chi connectivity index (χ3n) is 3.99. The second-order valence-electron chi connectivity index (χ2n) is 6.01. The number of benzene rings is 1. The SMILES string of the molecule is O=C(CCC(=O)c1cccs1)NCCCNC(=O)c1cc2ccccc2s1. The number of hydrogen-bond acceptors (Lipinski definition) is 5. The molecule has 3 aromatic rings. The molecular weight excluding hydrogens is 380 g/mol. The molecule has 2 heterocycles. The van der Waals surface area contributed by atoms with Crippen LogP contribution in [0.15, 0.2) is 47.8 Å². The van der Waals surface area contributed by atoms with E-state index in [0.29, 0.717) is 29.3 Å². The fraction of sp³-hybridized carbons (Fsp3) is 0.250. The van der Waals surface area contributed by atoms with E-state index in [4.69, 9.17) is 0 Å². The van der Waals surface area contributed by atoms with Crippen LogP contribution in [-0.2, 0) is 4.79 Å². The molecule has 140 valence electrons. The van der Waals surface area contributed by atoms with Crippen molar-refractivity contribution in [1.82, 2.24) is 10.6 Å². The van der Waals surface area contributed by atoms with E-state index in [1.807, 2.05) is 41.8 Å². The Bertz CT molecular complexity index is 899. The van der Waals surface area contributed by atoms with Gasteiger partial charge in [0.2, 0.25) is 5.91 Å². The number of thiophene rings is 2. The molecule has 0 saturated heterocycles. The summed E-state index contributed by atoms with van der Waals surface area (Å²) in [7, 11) is 0. The van der Waals surface area contributed by atoms with Crippen LogP contribution in [0.1, 0.15) is 38.6 Å². The van der Waals surface area contributed by atoms with Gasteiger partial charge in [0, 0.05) is 30.6 Å². The molecule has 0 saturated carbocycles. The number of hydrogen-bond donors (Lipinski definition) is 2. The van der Waals surface area contributed by atoms with Gasteiger partial charge in [0.15, 0.2) is 5.78 Å². The van der Waals surface area contributed by atoms with Gasteiger partial charge in [0.1, 0.15) is 0 Å². The average Bonchev–Trinajstić information content (AvgIpc) is 3.35. The van der Waals surface area contributed by atoms with E-state index in [1.54, 1.807) is 6.07 Å². The van der Waals surface area contributed by atoms with Gasteiger partial charge in [0.05, 0.1) is 9.75 Å². The first kappa shape index (κ1) is 19.3. The number of carbonyl (C=O) groups is 3. The van der Waals surface area contributed by atoms with Crippen LogP contribution >= 0.6 is 22.7 Å². The Hall–Kier alpha value is -2.51. The zero-order valence-electron chi connectivity index (χ0n) is 14.7. The molecule has 0 bridgehead atoms. The maximum atomic E-state index is 12.2. The van der Waals surface area contributed by atoms with Crippen molar-refractivity contribution in [3.05, 3.63) is 57.6 Å². The van der Waals surface area contributed by atoms with Crippen molar-refractivity contribution in [2.75, 3.05) is 13.1 Å². The Morgan fingerprint density at radius 2 is 1.70 bits per heavy atom. The van der Waals surface area contributed by atoms with Crippen molar-refractivity contribution < 1.29 is 14.4 Å². The first-order chi connectivity index (χ1) is 13.1. The summed E-state index contributed by atoms with van der Waals surface area (Å²) in [6, 6.07) is 13.4. The predicted molar refractivity (Wildman–Crippen MR) is 110 cm³/mol. The van der Waals surface area contributed by atoms with E-state index in [1.165, 1.54) is 22.7 Å². The monoisotopic (exact) mass is 400 g/mol. The molecule has 0 unspecified atom stereocenters. The summed E-state index contributed by atoms with van der Waals surface area (Å²) >= 11 is 2.86. The summed E-state index contributed by atoms with van der Waals surface area (Å²) < 4.78 is 1.09. The Kier molecular flexibility index (Phi) is 6.73. The highest BCUT2D eigenvalue weighted by Gasteiger charge is 2.11. The van der Waals surface area contributed by atoms with Crippen molar-refractivity contribution in [1.29, 1.82) is 0 Å². The molecule has 0 aliphatic heterocycles. The molecule has 0 spiro atoms. The van der Waals surface area contributed by atoms with Gasteiger partial charge >= 0.3 is 0 Å². The molecule has 0 radical (unpaired) electrons. The van der Waals surface area contributed by atoms with Crippen LogP contribution in [0.5, 0.6) is 0 Å². The maximum Gasteiger partial charge on any atom is 0.261 e. The maximum absolute atomic E-state index is 12.2. The van der Waals surface area contributed by atoms with Gasteiger partial charge in [-0.05, 0) is 35.4 Å². The Morgan fingerprint density at radius 3 is 2.48 bits per heavy atom. The van der Waals surface area contributed by atoms with Crippen LogP contribution in [0.2, 0.25) is 0 Å². The second-order valence-corrected chi connectivity index (χ2v) is 8.04. The third kappa shape index (κ3) is 5.48. The molecule has 0 fully saturated rings. The van der Waals surface area contributed by atoms with Crippen molar-refractivity contribution in [2.24, 2.45) is 0 Å². The highest BCUT2D eigenvalue weighted by atomic mass is 32.1. The highest BCUT2D eigenvalue weighted by molar-refractivity contribution is 7.20. The van der Waals surface area contributed by atoms with Gasteiger partial charge in [0.25, 0.3) is 5.91 Å².